The highest BCUT2D eigenvalue weighted by molar-refractivity contribution is 5.45. The number of hydrogen-bond donors (Lipinski definition) is 2. The smallest absolute Gasteiger partial charge is 0.128 e. The van der Waals surface area contributed by atoms with Gasteiger partial charge in [0.25, 0.3) is 0 Å². The molecule has 94 valence electrons. The maximum absolute atomic E-state index is 4.52. The molecule has 1 fully saturated rings. The van der Waals surface area contributed by atoms with Crippen molar-refractivity contribution in [1.29, 1.82) is 0 Å². The Labute approximate surface area is 104 Å². The monoisotopic (exact) mass is 233 g/mol. The van der Waals surface area contributed by atoms with Crippen LogP contribution in [0.25, 0.3) is 0 Å². The summed E-state index contributed by atoms with van der Waals surface area (Å²) < 4.78 is 0. The van der Waals surface area contributed by atoms with Gasteiger partial charge in [-0.3, -0.25) is 0 Å². The minimum atomic E-state index is 0.606. The first kappa shape index (κ1) is 12.2. The Bertz CT molecular complexity index is 330. The lowest BCUT2D eigenvalue weighted by Gasteiger charge is -2.21. The van der Waals surface area contributed by atoms with E-state index in [2.05, 4.69) is 21.7 Å². The zero-order valence-corrected chi connectivity index (χ0v) is 10.7. The summed E-state index contributed by atoms with van der Waals surface area (Å²) in [5.74, 6) is 1.93. The van der Waals surface area contributed by atoms with Gasteiger partial charge in [0.2, 0.25) is 0 Å². The van der Waals surface area contributed by atoms with Crippen molar-refractivity contribution in [3.05, 3.63) is 18.2 Å². The number of hydrogen-bond acceptors (Lipinski definition) is 3. The van der Waals surface area contributed by atoms with Crippen LogP contribution in [0.1, 0.15) is 44.9 Å². The summed E-state index contributed by atoms with van der Waals surface area (Å²) in [6.07, 6.45) is 9.47. The quantitative estimate of drug-likeness (QED) is 0.836. The van der Waals surface area contributed by atoms with Crippen molar-refractivity contribution in [2.75, 3.05) is 17.7 Å². The molecule has 0 amide bonds. The van der Waals surface area contributed by atoms with E-state index in [4.69, 9.17) is 0 Å². The fraction of sp³-hybridized carbons (Fsp3) is 0.643. The minimum absolute atomic E-state index is 0.606. The van der Waals surface area contributed by atoms with Gasteiger partial charge in [-0.25, -0.2) is 4.98 Å². The molecule has 0 bridgehead atoms. The van der Waals surface area contributed by atoms with Gasteiger partial charge in [0.1, 0.15) is 11.6 Å². The van der Waals surface area contributed by atoms with E-state index in [1.807, 2.05) is 19.2 Å². The third-order valence-corrected chi connectivity index (χ3v) is 3.46. The molecule has 0 spiro atoms. The molecule has 1 aliphatic carbocycles. The van der Waals surface area contributed by atoms with Crippen LogP contribution < -0.4 is 10.6 Å². The Morgan fingerprint density at radius 1 is 1.00 bits per heavy atom. The van der Waals surface area contributed by atoms with Crippen molar-refractivity contribution >= 4 is 11.6 Å². The summed E-state index contributed by atoms with van der Waals surface area (Å²) in [6.45, 7) is 0. The van der Waals surface area contributed by atoms with Crippen molar-refractivity contribution in [3.63, 3.8) is 0 Å². The molecular weight excluding hydrogens is 210 g/mol. The fourth-order valence-electron chi connectivity index (χ4n) is 2.46. The highest BCUT2D eigenvalue weighted by atomic mass is 15.1. The number of nitrogens with one attached hydrogen (secondary N) is 2. The van der Waals surface area contributed by atoms with Crippen LogP contribution in [-0.4, -0.2) is 18.1 Å². The minimum Gasteiger partial charge on any atom is -0.373 e. The predicted octanol–water partition coefficient (Wildman–Crippen LogP) is 3.65. The Morgan fingerprint density at radius 3 is 2.35 bits per heavy atom. The third kappa shape index (κ3) is 3.91. The Hall–Kier alpha value is -1.25. The van der Waals surface area contributed by atoms with Gasteiger partial charge in [0.05, 0.1) is 0 Å². The normalized spacial score (nSPS) is 18.2. The summed E-state index contributed by atoms with van der Waals surface area (Å²) >= 11 is 0. The van der Waals surface area contributed by atoms with E-state index in [0.717, 1.165) is 11.6 Å². The molecule has 0 aromatic carbocycles. The number of aromatic nitrogens is 1. The van der Waals surface area contributed by atoms with E-state index in [0.29, 0.717) is 6.04 Å². The lowest BCUT2D eigenvalue weighted by atomic mass is 9.97. The zero-order chi connectivity index (χ0) is 11.9. The molecule has 0 saturated heterocycles. The molecule has 3 nitrogen and oxygen atoms in total. The predicted molar refractivity (Wildman–Crippen MR) is 73.5 cm³/mol. The van der Waals surface area contributed by atoms with Crippen molar-refractivity contribution in [1.82, 2.24) is 4.98 Å². The molecule has 0 radical (unpaired) electrons. The van der Waals surface area contributed by atoms with Gasteiger partial charge < -0.3 is 10.6 Å². The first-order valence-corrected chi connectivity index (χ1v) is 6.80. The molecule has 1 aliphatic rings. The molecule has 3 heteroatoms. The van der Waals surface area contributed by atoms with Gasteiger partial charge in [0.15, 0.2) is 0 Å². The highest BCUT2D eigenvalue weighted by Crippen LogP contribution is 2.20. The number of rotatable bonds is 3. The number of pyridine rings is 1. The van der Waals surface area contributed by atoms with Crippen molar-refractivity contribution in [3.8, 4) is 0 Å². The van der Waals surface area contributed by atoms with E-state index in [-0.39, 0.29) is 0 Å². The summed E-state index contributed by atoms with van der Waals surface area (Å²) in [6, 6.07) is 6.70. The van der Waals surface area contributed by atoms with E-state index in [1.54, 1.807) is 0 Å². The second-order valence-electron chi connectivity index (χ2n) is 4.84. The van der Waals surface area contributed by atoms with Crippen LogP contribution >= 0.6 is 0 Å². The van der Waals surface area contributed by atoms with Gasteiger partial charge in [-0.1, -0.05) is 38.2 Å². The lowest BCUT2D eigenvalue weighted by Crippen LogP contribution is -2.21. The highest BCUT2D eigenvalue weighted by Gasteiger charge is 2.11. The molecule has 2 N–H and O–H groups in total. The zero-order valence-electron chi connectivity index (χ0n) is 10.7. The third-order valence-electron chi connectivity index (χ3n) is 3.46. The van der Waals surface area contributed by atoms with E-state index in [9.17, 15) is 0 Å². The maximum Gasteiger partial charge on any atom is 0.128 e. The summed E-state index contributed by atoms with van der Waals surface area (Å²) in [5, 5.41) is 6.65. The van der Waals surface area contributed by atoms with Crippen molar-refractivity contribution < 1.29 is 0 Å². The standard InChI is InChI=1S/C14H23N3/c1-15-13-10-7-11-14(17-13)16-12-8-5-3-2-4-6-9-12/h7,10-12H,2-6,8-9H2,1H3,(H2,15,16,17). The molecule has 1 saturated carbocycles. The van der Waals surface area contributed by atoms with Gasteiger partial charge >= 0.3 is 0 Å². The van der Waals surface area contributed by atoms with Crippen molar-refractivity contribution in [2.45, 2.75) is 51.0 Å². The fourth-order valence-corrected chi connectivity index (χ4v) is 2.46. The molecule has 1 aromatic heterocycles. The summed E-state index contributed by atoms with van der Waals surface area (Å²) in [4.78, 5) is 4.52. The van der Waals surface area contributed by atoms with Crippen LogP contribution in [0.3, 0.4) is 0 Å². The van der Waals surface area contributed by atoms with E-state index < -0.39 is 0 Å². The number of nitrogens with zero attached hydrogens (tertiary/aromatic N) is 1. The molecule has 0 unspecified atom stereocenters. The summed E-state index contributed by atoms with van der Waals surface area (Å²) in [7, 11) is 1.90. The molecule has 0 aliphatic heterocycles. The van der Waals surface area contributed by atoms with Crippen LogP contribution in [0.5, 0.6) is 0 Å². The second-order valence-corrected chi connectivity index (χ2v) is 4.84. The van der Waals surface area contributed by atoms with Crippen LogP contribution in [0.4, 0.5) is 11.6 Å². The largest absolute Gasteiger partial charge is 0.373 e. The van der Waals surface area contributed by atoms with Crippen LogP contribution in [-0.2, 0) is 0 Å². The van der Waals surface area contributed by atoms with E-state index in [1.165, 1.54) is 44.9 Å². The average molecular weight is 233 g/mol. The Morgan fingerprint density at radius 2 is 1.65 bits per heavy atom. The number of anilines is 2. The Balaban J connectivity index is 1.93. The lowest BCUT2D eigenvalue weighted by molar-refractivity contribution is 0.471. The first-order chi connectivity index (χ1) is 8.38. The van der Waals surface area contributed by atoms with Crippen LogP contribution in [0.2, 0.25) is 0 Å². The van der Waals surface area contributed by atoms with Gasteiger partial charge in [-0.2, -0.15) is 0 Å². The molecule has 17 heavy (non-hydrogen) atoms. The molecule has 1 heterocycles. The van der Waals surface area contributed by atoms with Crippen LogP contribution in [0.15, 0.2) is 18.2 Å². The summed E-state index contributed by atoms with van der Waals surface area (Å²) in [5.41, 5.74) is 0. The Kier molecular flexibility index (Phi) is 4.65. The van der Waals surface area contributed by atoms with Crippen molar-refractivity contribution in [2.24, 2.45) is 0 Å². The van der Waals surface area contributed by atoms with Gasteiger partial charge in [-0.05, 0) is 25.0 Å². The maximum atomic E-state index is 4.52. The second kappa shape index (κ2) is 6.48. The molecule has 0 atom stereocenters. The first-order valence-electron chi connectivity index (χ1n) is 6.80. The molecular formula is C14H23N3. The van der Waals surface area contributed by atoms with Gasteiger partial charge in [-0.15, -0.1) is 0 Å². The molecule has 2 rings (SSSR count). The molecule has 1 aromatic rings. The SMILES string of the molecule is CNc1cccc(NC2CCCCCCC2)n1. The van der Waals surface area contributed by atoms with E-state index >= 15 is 0 Å². The average Bonchev–Trinajstić information content (AvgIpc) is 2.33. The topological polar surface area (TPSA) is 37.0 Å². The van der Waals surface area contributed by atoms with Crippen LogP contribution in [0, 0.1) is 0 Å². The van der Waals surface area contributed by atoms with Gasteiger partial charge in [0, 0.05) is 13.1 Å².